The van der Waals surface area contributed by atoms with Crippen LogP contribution < -0.4 is 5.32 Å². The van der Waals surface area contributed by atoms with E-state index >= 15 is 0 Å². The molecular weight excluding hydrogens is 584 g/mol. The Balaban J connectivity index is 0.000000372. The van der Waals surface area contributed by atoms with E-state index in [0.717, 1.165) is 4.90 Å². The predicted molar refractivity (Wildman–Crippen MR) is 107 cm³/mol. The van der Waals surface area contributed by atoms with Crippen molar-refractivity contribution in [3.63, 3.8) is 0 Å². The summed E-state index contributed by atoms with van der Waals surface area (Å²) in [6.07, 6.45) is 0. The molecule has 2 radical (unpaired) electrons. The van der Waals surface area contributed by atoms with Crippen LogP contribution in [0.1, 0.15) is 41.4 Å². The number of benzene rings is 3. The molecule has 2 aliphatic rings. The van der Waals surface area contributed by atoms with Crippen molar-refractivity contribution in [1.29, 1.82) is 0 Å². The van der Waals surface area contributed by atoms with E-state index in [1.165, 1.54) is 7.05 Å². The van der Waals surface area contributed by atoms with Crippen LogP contribution in [0, 0.1) is 0 Å². The Bertz CT molecular complexity index is 1150. The molecule has 164 valence electrons. The first-order valence-electron chi connectivity index (χ1n) is 8.94. The number of nitrogens with one attached hydrogen (secondary N) is 1. The van der Waals surface area contributed by atoms with E-state index in [9.17, 15) is 19.2 Å². The van der Waals surface area contributed by atoms with Crippen LogP contribution in [0.2, 0.25) is 0 Å². The maximum absolute atomic E-state index is 12.1. The molecule has 6 nitrogen and oxygen atoms in total. The van der Waals surface area contributed by atoms with Crippen LogP contribution in [0.3, 0.4) is 0 Å². The Labute approximate surface area is 210 Å². The smallest absolute Gasteiger partial charge is 0.261 e. The summed E-state index contributed by atoms with van der Waals surface area (Å²) in [6.45, 7) is 0. The molecule has 31 heavy (non-hydrogen) atoms. The van der Waals surface area contributed by atoms with Gasteiger partial charge in [-0.1, -0.05) is 48.5 Å². The topological polar surface area (TPSA) is 83.6 Å². The summed E-state index contributed by atoms with van der Waals surface area (Å²) in [4.78, 5) is 48.4. The number of hydrogen-bond acceptors (Lipinski definition) is 4. The van der Waals surface area contributed by atoms with Crippen molar-refractivity contribution in [2.75, 3.05) is 7.05 Å². The molecule has 5 rings (SSSR count). The fourth-order valence-corrected chi connectivity index (χ4v) is 3.27. The first-order chi connectivity index (χ1) is 14.0. The van der Waals surface area contributed by atoms with E-state index in [1.807, 2.05) is 36.4 Å². The van der Waals surface area contributed by atoms with Gasteiger partial charge < -0.3 is 0 Å². The third kappa shape index (κ3) is 4.70. The molecule has 4 amide bonds. The zero-order chi connectivity index (χ0) is 20.5. The molecule has 8 heteroatoms. The molecule has 0 aliphatic carbocycles. The quantitative estimate of drug-likeness (QED) is 0.344. The number of hydrogen-bond donors (Lipinski definition) is 1. The molecule has 0 atom stereocenters. The summed E-state index contributed by atoms with van der Waals surface area (Å²) in [5.74, 6) is -1.51. The fourth-order valence-electron chi connectivity index (χ4n) is 3.27. The van der Waals surface area contributed by atoms with Crippen LogP contribution in [-0.4, -0.2) is 35.6 Å². The van der Waals surface area contributed by atoms with Gasteiger partial charge >= 0.3 is 0 Å². The first-order valence-corrected chi connectivity index (χ1v) is 8.94. The summed E-state index contributed by atoms with van der Waals surface area (Å²) < 4.78 is 0. The van der Waals surface area contributed by atoms with Gasteiger partial charge in [-0.3, -0.25) is 29.4 Å². The molecule has 2 aliphatic heterocycles. The second kappa shape index (κ2) is 10.2. The number of carbonyl (C=O) groups is 4. The number of nitrogens with zero attached hydrogens (tertiary/aromatic N) is 1. The molecule has 0 spiro atoms. The Morgan fingerprint density at radius 3 is 1.55 bits per heavy atom. The van der Waals surface area contributed by atoms with Gasteiger partial charge in [0.2, 0.25) is 0 Å². The van der Waals surface area contributed by atoms with Crippen molar-refractivity contribution in [1.82, 2.24) is 10.2 Å². The average molecular weight is 600 g/mol. The average Bonchev–Trinajstić information content (AvgIpc) is 3.17. The summed E-state index contributed by atoms with van der Waals surface area (Å²) in [7, 11) is 1.44. The summed E-state index contributed by atoms with van der Waals surface area (Å²) in [5, 5.41) is 2.24. The Kier molecular flexibility index (Phi) is 8.09. The molecule has 0 saturated carbocycles. The molecule has 0 fully saturated rings. The van der Waals surface area contributed by atoms with Crippen LogP contribution in [0.4, 0.5) is 0 Å². The van der Waals surface area contributed by atoms with Crippen molar-refractivity contribution in [3.05, 3.63) is 95.1 Å². The minimum atomic E-state index is -0.431. The Hall–Kier alpha value is -2.58. The van der Waals surface area contributed by atoms with Crippen molar-refractivity contribution >= 4 is 23.6 Å². The minimum absolute atomic E-state index is 0. The standard InChI is InChI=1S/C17H10N2O4.C6H6.2Ag/c1-19-16(22)11-5-3-9(7-13(11)17(19)23)8-2-4-10-12(6-8)15(21)18-14(10)20;1-2-4-6-5-3-1;;/h2-7H,1H3,(H,18,20,21);1-6H;;. The molecular formula is C23H16Ag2N2O4. The van der Waals surface area contributed by atoms with Crippen molar-refractivity contribution in [3.8, 4) is 11.1 Å². The number of carbonyl (C=O) groups excluding carboxylic acids is 4. The van der Waals surface area contributed by atoms with E-state index in [1.54, 1.807) is 36.4 Å². The molecule has 0 aromatic heterocycles. The molecule has 2 heterocycles. The molecule has 0 saturated heterocycles. The first kappa shape index (κ1) is 24.7. The van der Waals surface area contributed by atoms with Gasteiger partial charge in [0.15, 0.2) is 0 Å². The largest absolute Gasteiger partial charge is 0.288 e. The van der Waals surface area contributed by atoms with E-state index < -0.39 is 11.8 Å². The zero-order valence-electron chi connectivity index (χ0n) is 16.1. The third-order valence-electron chi connectivity index (χ3n) is 4.83. The number of imide groups is 2. The van der Waals surface area contributed by atoms with Crippen LogP contribution in [0.5, 0.6) is 0 Å². The van der Waals surface area contributed by atoms with Gasteiger partial charge in [0.05, 0.1) is 22.3 Å². The van der Waals surface area contributed by atoms with Gasteiger partial charge in [0, 0.05) is 51.8 Å². The molecule has 3 aromatic rings. The molecule has 0 bridgehead atoms. The minimum Gasteiger partial charge on any atom is -0.288 e. The SMILES string of the molecule is CN1C(=O)c2ccc(-c3ccc4c(c3)C(=O)NC4=O)cc2C1=O.[Ag].[Ag].c1ccccc1. The monoisotopic (exact) mass is 598 g/mol. The third-order valence-corrected chi connectivity index (χ3v) is 4.83. The van der Waals surface area contributed by atoms with E-state index in [-0.39, 0.29) is 56.6 Å². The van der Waals surface area contributed by atoms with Gasteiger partial charge in [0.1, 0.15) is 0 Å². The number of rotatable bonds is 1. The summed E-state index contributed by atoms with van der Waals surface area (Å²) >= 11 is 0. The van der Waals surface area contributed by atoms with Crippen molar-refractivity contribution in [2.24, 2.45) is 0 Å². The van der Waals surface area contributed by atoms with Crippen LogP contribution in [0.25, 0.3) is 11.1 Å². The molecule has 3 aromatic carbocycles. The van der Waals surface area contributed by atoms with E-state index in [0.29, 0.717) is 33.4 Å². The fraction of sp³-hybridized carbons (Fsp3) is 0.0435. The van der Waals surface area contributed by atoms with Gasteiger partial charge in [-0.05, 0) is 35.4 Å². The van der Waals surface area contributed by atoms with Gasteiger partial charge in [0.25, 0.3) is 23.6 Å². The van der Waals surface area contributed by atoms with Gasteiger partial charge in [-0.15, -0.1) is 0 Å². The zero-order valence-corrected chi connectivity index (χ0v) is 19.1. The maximum atomic E-state index is 12.1. The summed E-state index contributed by atoms with van der Waals surface area (Å²) in [6, 6.07) is 21.9. The Morgan fingerprint density at radius 2 is 1.00 bits per heavy atom. The second-order valence-corrected chi connectivity index (χ2v) is 6.63. The Morgan fingerprint density at radius 1 is 0.581 bits per heavy atom. The van der Waals surface area contributed by atoms with Gasteiger partial charge in [-0.2, -0.15) is 0 Å². The van der Waals surface area contributed by atoms with Crippen LogP contribution >= 0.6 is 0 Å². The van der Waals surface area contributed by atoms with E-state index in [2.05, 4.69) is 5.32 Å². The molecule has 1 N–H and O–H groups in total. The maximum Gasteiger partial charge on any atom is 0.261 e. The van der Waals surface area contributed by atoms with Crippen LogP contribution in [0.15, 0.2) is 72.8 Å². The normalized spacial score (nSPS) is 13.3. The van der Waals surface area contributed by atoms with Crippen LogP contribution in [-0.2, 0) is 44.8 Å². The van der Waals surface area contributed by atoms with E-state index in [4.69, 9.17) is 0 Å². The number of amides is 4. The predicted octanol–water partition coefficient (Wildman–Crippen LogP) is 3.14. The van der Waals surface area contributed by atoms with Gasteiger partial charge in [-0.25, -0.2) is 0 Å². The second-order valence-electron chi connectivity index (χ2n) is 6.63. The summed E-state index contributed by atoms with van der Waals surface area (Å²) in [5.41, 5.74) is 2.77. The molecule has 0 unspecified atom stereocenters. The van der Waals surface area contributed by atoms with Crippen molar-refractivity contribution < 1.29 is 63.9 Å². The van der Waals surface area contributed by atoms with Crippen molar-refractivity contribution in [2.45, 2.75) is 0 Å². The number of fused-ring (bicyclic) bond motifs is 2.